The summed E-state index contributed by atoms with van der Waals surface area (Å²) in [5, 5.41) is 1.76. The monoisotopic (exact) mass is 256 g/mol. The van der Waals surface area contributed by atoms with Gasteiger partial charge in [0.05, 0.1) is 12.1 Å². The Morgan fingerprint density at radius 3 is 2.12 bits per heavy atom. The van der Waals surface area contributed by atoms with E-state index in [1.807, 2.05) is 25.1 Å². The minimum Gasteiger partial charge on any atom is -0.282 e. The molecule has 0 saturated carbocycles. The van der Waals surface area contributed by atoms with Crippen LogP contribution < -0.4 is 0 Å². The predicted molar refractivity (Wildman–Crippen MR) is 65.5 cm³/mol. The Kier molecular flexibility index (Phi) is 4.20. The molecule has 0 bridgehead atoms. The van der Waals surface area contributed by atoms with Gasteiger partial charge in [0.1, 0.15) is 0 Å². The highest BCUT2D eigenvalue weighted by atomic mass is 32.2. The molecule has 0 aliphatic heterocycles. The van der Waals surface area contributed by atoms with Gasteiger partial charge in [-0.2, -0.15) is 8.42 Å². The molecule has 0 spiro atoms. The zero-order chi connectivity index (χ0) is 13.1. The van der Waals surface area contributed by atoms with Crippen molar-refractivity contribution in [2.75, 3.05) is 7.18 Å². The summed E-state index contributed by atoms with van der Waals surface area (Å²) in [5.41, 5.74) is 1.11. The molecule has 17 heavy (non-hydrogen) atoms. The minimum atomic E-state index is -4.10. The number of halogens is 1. The van der Waals surface area contributed by atoms with E-state index in [0.29, 0.717) is 7.18 Å². The minimum absolute atomic E-state index is 0.0705. The summed E-state index contributed by atoms with van der Waals surface area (Å²) in [6.45, 7) is 1.97. The van der Waals surface area contributed by atoms with E-state index in [1.54, 1.807) is 6.07 Å². The van der Waals surface area contributed by atoms with E-state index in [9.17, 15) is 12.8 Å². The molecule has 0 aliphatic rings. The maximum absolute atomic E-state index is 10.9. The van der Waals surface area contributed by atoms with E-state index in [4.69, 9.17) is 4.55 Å². The Morgan fingerprint density at radius 2 is 1.53 bits per heavy atom. The van der Waals surface area contributed by atoms with Gasteiger partial charge in [0.15, 0.2) is 0 Å². The van der Waals surface area contributed by atoms with Crippen molar-refractivity contribution in [3.8, 4) is 0 Å². The molecule has 2 aromatic carbocycles. The third-order valence-electron chi connectivity index (χ3n) is 2.27. The molecule has 5 heteroatoms. The summed E-state index contributed by atoms with van der Waals surface area (Å²) < 4.78 is 40.2. The molecule has 0 unspecified atom stereocenters. The molecule has 0 fully saturated rings. The molecule has 0 amide bonds. The number of fused-ring (bicyclic) bond motifs is 1. The molecule has 0 aromatic heterocycles. The van der Waals surface area contributed by atoms with Crippen molar-refractivity contribution in [3.63, 3.8) is 0 Å². The summed E-state index contributed by atoms with van der Waals surface area (Å²) in [6, 6.07) is 10.2. The number of rotatable bonds is 1. The smallest absolute Gasteiger partial charge is 0.282 e. The van der Waals surface area contributed by atoms with E-state index in [-0.39, 0.29) is 4.90 Å². The second-order valence-electron chi connectivity index (χ2n) is 3.49. The van der Waals surface area contributed by atoms with Gasteiger partial charge in [-0.3, -0.25) is 8.94 Å². The molecule has 0 aliphatic carbocycles. The first-order valence-electron chi connectivity index (χ1n) is 4.82. The SMILES string of the molecule is CF.Cc1ccc2cc(S(=O)(=O)O)ccc2c1. The van der Waals surface area contributed by atoms with Gasteiger partial charge >= 0.3 is 0 Å². The van der Waals surface area contributed by atoms with E-state index in [1.165, 1.54) is 12.1 Å². The van der Waals surface area contributed by atoms with Crippen LogP contribution in [0.2, 0.25) is 0 Å². The van der Waals surface area contributed by atoms with E-state index >= 15 is 0 Å². The first-order chi connectivity index (χ1) is 7.97. The van der Waals surface area contributed by atoms with Crippen molar-refractivity contribution >= 4 is 20.9 Å². The highest BCUT2D eigenvalue weighted by Gasteiger charge is 2.09. The van der Waals surface area contributed by atoms with Crippen molar-refractivity contribution in [3.05, 3.63) is 42.0 Å². The van der Waals surface area contributed by atoms with E-state index in [2.05, 4.69) is 0 Å². The van der Waals surface area contributed by atoms with Gasteiger partial charge in [0, 0.05) is 0 Å². The Labute approximate surface area is 99.6 Å². The van der Waals surface area contributed by atoms with Gasteiger partial charge < -0.3 is 0 Å². The maximum atomic E-state index is 10.9. The predicted octanol–water partition coefficient (Wildman–Crippen LogP) is 2.98. The van der Waals surface area contributed by atoms with Crippen LogP contribution in [0.1, 0.15) is 5.56 Å². The first kappa shape index (κ1) is 13.6. The van der Waals surface area contributed by atoms with Crippen molar-refractivity contribution in [1.29, 1.82) is 0 Å². The molecule has 2 aromatic rings. The van der Waals surface area contributed by atoms with Crippen LogP contribution in [0.15, 0.2) is 41.3 Å². The number of benzene rings is 2. The molecule has 0 radical (unpaired) electrons. The Hall–Kier alpha value is -1.46. The zero-order valence-electron chi connectivity index (χ0n) is 9.51. The van der Waals surface area contributed by atoms with Crippen LogP contribution in [0.3, 0.4) is 0 Å². The number of alkyl halides is 1. The number of aryl methyl sites for hydroxylation is 1. The second kappa shape index (κ2) is 5.25. The first-order valence-corrected chi connectivity index (χ1v) is 6.26. The molecule has 3 nitrogen and oxygen atoms in total. The standard InChI is InChI=1S/C11H10O3S.CH3F/c1-8-2-3-10-7-11(15(12,13)14)5-4-9(10)6-8;1-2/h2-7H,1H3,(H,12,13,14);1H3. The molecule has 0 atom stereocenters. The fourth-order valence-electron chi connectivity index (χ4n) is 1.50. The van der Waals surface area contributed by atoms with Crippen molar-refractivity contribution in [2.45, 2.75) is 11.8 Å². The summed E-state index contributed by atoms with van der Waals surface area (Å²) in [5.74, 6) is 0. The van der Waals surface area contributed by atoms with Gasteiger partial charge in [0.25, 0.3) is 10.1 Å². The molecular weight excluding hydrogens is 243 g/mol. The number of hydrogen-bond donors (Lipinski definition) is 1. The van der Waals surface area contributed by atoms with Crippen molar-refractivity contribution < 1.29 is 17.4 Å². The normalized spacial score (nSPS) is 10.8. The van der Waals surface area contributed by atoms with Gasteiger partial charge in [-0.05, 0) is 29.8 Å². The second-order valence-corrected chi connectivity index (χ2v) is 4.91. The topological polar surface area (TPSA) is 54.4 Å². The lowest BCUT2D eigenvalue weighted by atomic mass is 10.1. The highest BCUT2D eigenvalue weighted by molar-refractivity contribution is 7.85. The Bertz CT molecular complexity index is 621. The van der Waals surface area contributed by atoms with Gasteiger partial charge in [-0.1, -0.05) is 29.8 Å². The summed E-state index contributed by atoms with van der Waals surface area (Å²) in [7, 11) is -3.60. The number of hydrogen-bond acceptors (Lipinski definition) is 2. The van der Waals surface area contributed by atoms with Crippen LogP contribution in [0.4, 0.5) is 4.39 Å². The van der Waals surface area contributed by atoms with Gasteiger partial charge in [0.2, 0.25) is 0 Å². The van der Waals surface area contributed by atoms with Gasteiger partial charge in [-0.15, -0.1) is 0 Å². The fourth-order valence-corrected chi connectivity index (χ4v) is 2.02. The lowest BCUT2D eigenvalue weighted by Gasteiger charge is -2.01. The largest absolute Gasteiger partial charge is 0.294 e. The molecular formula is C12H13FO3S. The van der Waals surface area contributed by atoms with Crippen molar-refractivity contribution in [1.82, 2.24) is 0 Å². The van der Waals surface area contributed by atoms with Gasteiger partial charge in [-0.25, -0.2) is 0 Å². The third kappa shape index (κ3) is 3.25. The van der Waals surface area contributed by atoms with Crippen LogP contribution in [0.25, 0.3) is 10.8 Å². The third-order valence-corrected chi connectivity index (χ3v) is 3.11. The molecule has 2 rings (SSSR count). The summed E-state index contributed by atoms with van der Waals surface area (Å²) >= 11 is 0. The van der Waals surface area contributed by atoms with Crippen LogP contribution in [0.5, 0.6) is 0 Å². The lowest BCUT2D eigenvalue weighted by molar-refractivity contribution is 0.483. The quantitative estimate of drug-likeness (QED) is 0.798. The molecule has 92 valence electrons. The van der Waals surface area contributed by atoms with E-state index in [0.717, 1.165) is 16.3 Å². The summed E-state index contributed by atoms with van der Waals surface area (Å²) in [4.78, 5) is -0.0705. The maximum Gasteiger partial charge on any atom is 0.294 e. The average Bonchev–Trinajstić information content (AvgIpc) is 2.29. The lowest BCUT2D eigenvalue weighted by Crippen LogP contribution is -1.97. The van der Waals surface area contributed by atoms with Crippen LogP contribution in [-0.2, 0) is 10.1 Å². The summed E-state index contributed by atoms with van der Waals surface area (Å²) in [6.07, 6.45) is 0. The zero-order valence-corrected chi connectivity index (χ0v) is 10.3. The average molecular weight is 256 g/mol. The Morgan fingerprint density at radius 1 is 1.00 bits per heavy atom. The highest BCUT2D eigenvalue weighted by Crippen LogP contribution is 2.20. The van der Waals surface area contributed by atoms with E-state index < -0.39 is 10.1 Å². The van der Waals surface area contributed by atoms with Crippen molar-refractivity contribution in [2.24, 2.45) is 0 Å². The van der Waals surface area contributed by atoms with Crippen LogP contribution in [-0.4, -0.2) is 20.1 Å². The van der Waals surface area contributed by atoms with Crippen LogP contribution in [0, 0.1) is 6.92 Å². The molecule has 0 saturated heterocycles. The Balaban J connectivity index is 0.000000686. The van der Waals surface area contributed by atoms with Crippen LogP contribution >= 0.6 is 0 Å². The fraction of sp³-hybridized carbons (Fsp3) is 0.167. The molecule has 0 heterocycles. The molecule has 1 N–H and O–H groups in total.